The van der Waals surface area contributed by atoms with Gasteiger partial charge in [-0.1, -0.05) is 29.4 Å². The second-order valence-corrected chi connectivity index (χ2v) is 14.9. The van der Waals surface area contributed by atoms with E-state index < -0.39 is 22.0 Å². The standard InChI is InChI=1S/C18H18N8O.C10H12N4O.C9H10N4O2S/c1-12-6-4-8-15(10-12)26-23-16(20-24-26)13(2)27-18-22-21-17(25(18)3)14-7-5-9-19-11-14;1-7-4-3-5-9(6-7)14-12-10(8(2)15)11-13-14;1-13-8(7-4-3-5-10-6-7)11-12-9(13)16(2,14)15/h4-11,13H,1-3H3;3-6,8,15H,1-2H3;3-6H,1-2H3/t13-;8-;/m11./s1. The van der Waals surface area contributed by atoms with Crippen LogP contribution in [0.15, 0.2) is 103 Å². The smallest absolute Gasteiger partial charge is 0.317 e. The molecule has 0 aliphatic carbocycles. The summed E-state index contributed by atoms with van der Waals surface area (Å²) in [5.41, 5.74) is 5.53. The molecular formula is C37H40N16O4S. The molecule has 0 saturated carbocycles. The SMILES string of the molecule is Cc1cccc(-n2nnc([C@@H](C)O)n2)c1.Cc1cccc(-n2nnc([C@@H](C)Oc3nnc(-c4cccnc4)n3C)n2)c1.Cn1c(-c2cccnc2)nnc1S(C)(=O)=O. The normalized spacial score (nSPS) is 12.1. The maximum atomic E-state index is 11.4. The third-order valence-electron chi connectivity index (χ3n) is 8.18. The van der Waals surface area contributed by atoms with Crippen LogP contribution < -0.4 is 4.74 Å². The average Bonchev–Trinajstić information content (AvgIpc) is 4.04. The number of aromatic nitrogens is 16. The van der Waals surface area contributed by atoms with Gasteiger partial charge in [0.1, 0.15) is 6.10 Å². The average molecular weight is 805 g/mol. The Labute approximate surface area is 333 Å². The lowest BCUT2D eigenvalue weighted by atomic mass is 10.2. The summed E-state index contributed by atoms with van der Waals surface area (Å²) in [7, 11) is 0.0929. The summed E-state index contributed by atoms with van der Waals surface area (Å²) in [6, 6.07) is 23.3. The predicted molar refractivity (Wildman–Crippen MR) is 209 cm³/mol. The number of hydrogen-bond donors (Lipinski definition) is 1. The molecule has 8 aromatic rings. The molecule has 0 unspecified atom stereocenters. The molecule has 8 rings (SSSR count). The lowest BCUT2D eigenvalue weighted by Crippen LogP contribution is -2.09. The zero-order chi connectivity index (χ0) is 41.4. The number of nitrogens with zero attached hydrogens (tertiary/aromatic N) is 16. The number of tetrazole rings is 2. The summed E-state index contributed by atoms with van der Waals surface area (Å²) in [6.07, 6.45) is 6.66. The Morgan fingerprint density at radius 2 is 1.17 bits per heavy atom. The summed E-state index contributed by atoms with van der Waals surface area (Å²) in [5, 5.41) is 49.3. The molecule has 1 N–H and O–H groups in total. The Hall–Kier alpha value is -7.13. The minimum absolute atomic E-state index is 0.0497. The van der Waals surface area contributed by atoms with Gasteiger partial charge in [0, 0.05) is 56.3 Å². The Morgan fingerprint density at radius 1 is 0.655 bits per heavy atom. The van der Waals surface area contributed by atoms with E-state index in [0.717, 1.165) is 39.9 Å². The first-order valence-electron chi connectivity index (χ1n) is 17.7. The maximum Gasteiger partial charge on any atom is 0.317 e. The quantitative estimate of drug-likeness (QED) is 0.219. The highest BCUT2D eigenvalue weighted by molar-refractivity contribution is 7.90. The van der Waals surface area contributed by atoms with Gasteiger partial charge >= 0.3 is 6.01 Å². The molecule has 0 aliphatic heterocycles. The number of aliphatic hydroxyl groups excluding tert-OH is 1. The van der Waals surface area contributed by atoms with Gasteiger partial charge in [-0.15, -0.1) is 45.3 Å². The molecular weight excluding hydrogens is 765 g/mol. The minimum Gasteiger partial charge on any atom is -0.452 e. The summed E-state index contributed by atoms with van der Waals surface area (Å²) in [6.45, 7) is 7.46. The minimum atomic E-state index is -3.35. The molecule has 2 atom stereocenters. The van der Waals surface area contributed by atoms with Crippen molar-refractivity contribution in [3.05, 3.63) is 120 Å². The van der Waals surface area contributed by atoms with Gasteiger partial charge in [0.2, 0.25) is 26.6 Å². The van der Waals surface area contributed by atoms with Crippen LogP contribution >= 0.6 is 0 Å². The van der Waals surface area contributed by atoms with Crippen molar-refractivity contribution in [2.75, 3.05) is 6.26 Å². The second kappa shape index (κ2) is 17.8. The van der Waals surface area contributed by atoms with E-state index in [0.29, 0.717) is 29.3 Å². The zero-order valence-electron chi connectivity index (χ0n) is 32.6. The number of aliphatic hydroxyl groups is 1. The van der Waals surface area contributed by atoms with Crippen LogP contribution in [-0.4, -0.2) is 99.7 Å². The molecule has 0 amide bonds. The summed E-state index contributed by atoms with van der Waals surface area (Å²) >= 11 is 0. The first kappa shape index (κ1) is 40.5. The van der Waals surface area contributed by atoms with Crippen LogP contribution in [-0.2, 0) is 23.9 Å². The van der Waals surface area contributed by atoms with Gasteiger partial charge in [-0.2, -0.15) is 0 Å². The molecule has 0 fully saturated rings. The van der Waals surface area contributed by atoms with Crippen LogP contribution in [0.25, 0.3) is 34.2 Å². The van der Waals surface area contributed by atoms with Crippen molar-refractivity contribution in [3.8, 4) is 40.2 Å². The largest absolute Gasteiger partial charge is 0.452 e. The van der Waals surface area contributed by atoms with E-state index in [1.54, 1.807) is 55.5 Å². The van der Waals surface area contributed by atoms with Crippen LogP contribution in [0.2, 0.25) is 0 Å². The number of rotatable bonds is 9. The summed E-state index contributed by atoms with van der Waals surface area (Å²) < 4.78 is 31.8. The van der Waals surface area contributed by atoms with E-state index in [1.165, 1.54) is 14.2 Å². The van der Waals surface area contributed by atoms with Gasteiger partial charge < -0.3 is 14.4 Å². The summed E-state index contributed by atoms with van der Waals surface area (Å²) in [5.74, 6) is 1.94. The van der Waals surface area contributed by atoms with E-state index in [2.05, 4.69) is 61.2 Å². The highest BCUT2D eigenvalue weighted by atomic mass is 32.2. The fourth-order valence-corrected chi connectivity index (χ4v) is 6.04. The molecule has 2 aromatic carbocycles. The zero-order valence-corrected chi connectivity index (χ0v) is 33.4. The van der Waals surface area contributed by atoms with Gasteiger partial charge in [0.15, 0.2) is 17.8 Å². The molecule has 0 aliphatic rings. The Balaban J connectivity index is 0.000000157. The van der Waals surface area contributed by atoms with Gasteiger partial charge in [-0.3, -0.25) is 14.5 Å². The van der Waals surface area contributed by atoms with E-state index in [1.807, 2.05) is 88.5 Å². The van der Waals surface area contributed by atoms with Crippen molar-refractivity contribution in [3.63, 3.8) is 0 Å². The number of pyridine rings is 2. The van der Waals surface area contributed by atoms with Gasteiger partial charge in [-0.25, -0.2) is 8.42 Å². The van der Waals surface area contributed by atoms with Crippen molar-refractivity contribution in [1.29, 1.82) is 0 Å². The highest BCUT2D eigenvalue weighted by Gasteiger charge is 2.20. The van der Waals surface area contributed by atoms with Crippen molar-refractivity contribution < 1.29 is 18.3 Å². The number of sulfone groups is 1. The molecule has 0 saturated heterocycles. The molecule has 0 spiro atoms. The molecule has 6 heterocycles. The topological polar surface area (TPSA) is 238 Å². The van der Waals surface area contributed by atoms with Crippen LogP contribution in [0.5, 0.6) is 6.01 Å². The van der Waals surface area contributed by atoms with Crippen molar-refractivity contribution >= 4 is 9.84 Å². The molecule has 58 heavy (non-hydrogen) atoms. The fraction of sp³-hybridized carbons (Fsp3) is 0.243. The number of ether oxygens (including phenoxy) is 1. The van der Waals surface area contributed by atoms with Gasteiger partial charge in [0.25, 0.3) is 0 Å². The van der Waals surface area contributed by atoms with Gasteiger partial charge in [0.05, 0.1) is 11.4 Å². The van der Waals surface area contributed by atoms with Crippen molar-refractivity contribution in [2.45, 2.75) is 45.1 Å². The third kappa shape index (κ3) is 9.81. The molecule has 0 bridgehead atoms. The number of benzene rings is 2. The lowest BCUT2D eigenvalue weighted by Gasteiger charge is -2.10. The third-order valence-corrected chi connectivity index (χ3v) is 9.20. The Bertz CT molecular complexity index is 2690. The molecule has 6 aromatic heterocycles. The van der Waals surface area contributed by atoms with Crippen LogP contribution in [0, 0.1) is 13.8 Å². The summed E-state index contributed by atoms with van der Waals surface area (Å²) in [4.78, 5) is 10.9. The fourth-order valence-electron chi connectivity index (χ4n) is 5.26. The lowest BCUT2D eigenvalue weighted by molar-refractivity contribution is 0.188. The first-order chi connectivity index (χ1) is 27.8. The molecule has 0 radical (unpaired) electrons. The molecule has 21 heteroatoms. The van der Waals surface area contributed by atoms with E-state index >= 15 is 0 Å². The number of hydrogen-bond acceptors (Lipinski definition) is 16. The van der Waals surface area contributed by atoms with E-state index in [-0.39, 0.29) is 5.16 Å². The van der Waals surface area contributed by atoms with Crippen molar-refractivity contribution in [2.24, 2.45) is 14.1 Å². The monoisotopic (exact) mass is 804 g/mol. The van der Waals surface area contributed by atoms with E-state index in [9.17, 15) is 13.5 Å². The maximum absolute atomic E-state index is 11.4. The molecule has 298 valence electrons. The van der Waals surface area contributed by atoms with Crippen LogP contribution in [0.4, 0.5) is 0 Å². The van der Waals surface area contributed by atoms with Gasteiger partial charge in [-0.05, 0) is 97.8 Å². The highest BCUT2D eigenvalue weighted by Crippen LogP contribution is 2.23. The second-order valence-electron chi connectivity index (χ2n) is 13.0. The van der Waals surface area contributed by atoms with Crippen LogP contribution in [0.3, 0.4) is 0 Å². The Morgan fingerprint density at radius 3 is 1.64 bits per heavy atom. The van der Waals surface area contributed by atoms with Crippen molar-refractivity contribution in [1.82, 2.24) is 79.9 Å². The molecule has 20 nitrogen and oxygen atoms in total. The Kier molecular flexibility index (Phi) is 12.4. The van der Waals surface area contributed by atoms with Crippen LogP contribution in [0.1, 0.15) is 48.8 Å². The number of aryl methyl sites for hydroxylation is 2. The first-order valence-corrected chi connectivity index (χ1v) is 19.6. The predicted octanol–water partition coefficient (Wildman–Crippen LogP) is 3.61. The van der Waals surface area contributed by atoms with E-state index in [4.69, 9.17) is 4.74 Å².